The van der Waals surface area contributed by atoms with Crippen LogP contribution < -0.4 is 5.73 Å². The molecule has 0 saturated heterocycles. The minimum Gasteiger partial charge on any atom is -0.319 e. The van der Waals surface area contributed by atoms with Crippen LogP contribution in [0.5, 0.6) is 0 Å². The predicted molar refractivity (Wildman–Crippen MR) is 65.9 cm³/mol. The Bertz CT molecular complexity index is 427. The maximum atomic E-state index is 11.7. The molecule has 2 rings (SSSR count). The Balaban J connectivity index is 1.94. The van der Waals surface area contributed by atoms with Gasteiger partial charge in [0.2, 0.25) is 0 Å². The Morgan fingerprint density at radius 2 is 2.00 bits per heavy atom. The summed E-state index contributed by atoms with van der Waals surface area (Å²) >= 11 is 11.7. The van der Waals surface area contributed by atoms with Crippen molar-refractivity contribution in [3.63, 3.8) is 0 Å². The monoisotopic (exact) mass is 257 g/mol. The van der Waals surface area contributed by atoms with Crippen LogP contribution in [0.4, 0.5) is 0 Å². The van der Waals surface area contributed by atoms with Gasteiger partial charge in [-0.05, 0) is 37.0 Å². The summed E-state index contributed by atoms with van der Waals surface area (Å²) in [5.74, 6) is 0.151. The van der Waals surface area contributed by atoms with E-state index in [1.54, 1.807) is 12.1 Å². The minimum atomic E-state index is -0.518. The van der Waals surface area contributed by atoms with Crippen LogP contribution in [-0.4, -0.2) is 11.3 Å². The molecule has 0 aromatic heterocycles. The van der Waals surface area contributed by atoms with Gasteiger partial charge >= 0.3 is 0 Å². The zero-order chi connectivity index (χ0) is 11.8. The molecule has 0 heterocycles. The normalized spacial score (nSPS) is 17.2. The van der Waals surface area contributed by atoms with Crippen LogP contribution in [-0.2, 0) is 11.2 Å². The number of ketones is 1. The molecule has 0 spiro atoms. The highest BCUT2D eigenvalue weighted by Crippen LogP contribution is 2.34. The van der Waals surface area contributed by atoms with Crippen molar-refractivity contribution in [3.8, 4) is 0 Å². The van der Waals surface area contributed by atoms with Gasteiger partial charge in [0, 0.05) is 6.42 Å². The number of hydrogen-bond donors (Lipinski definition) is 1. The van der Waals surface area contributed by atoms with Crippen molar-refractivity contribution in [1.29, 1.82) is 0 Å². The van der Waals surface area contributed by atoms with Gasteiger partial charge in [0.25, 0.3) is 0 Å². The van der Waals surface area contributed by atoms with Gasteiger partial charge in [-0.2, -0.15) is 0 Å². The molecular formula is C12H13Cl2NO. The third-order valence-corrected chi connectivity index (χ3v) is 3.71. The molecule has 4 heteroatoms. The number of hydrogen-bond acceptors (Lipinski definition) is 2. The highest BCUT2D eigenvalue weighted by molar-refractivity contribution is 6.42. The number of rotatable bonds is 4. The Hall–Kier alpha value is -0.570. The van der Waals surface area contributed by atoms with E-state index < -0.39 is 5.54 Å². The molecule has 1 aromatic rings. The van der Waals surface area contributed by atoms with Crippen LogP contribution >= 0.6 is 23.2 Å². The standard InChI is InChI=1S/C12H13Cl2NO/c13-9-3-1-8(7-10(9)14)2-4-11(16)12(15)5-6-12/h1,3,7H,2,4-6,15H2. The number of carbonyl (C=O) groups is 1. The molecule has 0 radical (unpaired) electrons. The van der Waals surface area contributed by atoms with Gasteiger partial charge in [-0.1, -0.05) is 29.3 Å². The van der Waals surface area contributed by atoms with E-state index in [2.05, 4.69) is 0 Å². The maximum absolute atomic E-state index is 11.7. The smallest absolute Gasteiger partial charge is 0.152 e. The first-order chi connectivity index (χ1) is 7.51. The number of benzene rings is 1. The molecule has 1 saturated carbocycles. The van der Waals surface area contributed by atoms with Crippen molar-refractivity contribution < 1.29 is 4.79 Å². The summed E-state index contributed by atoms with van der Waals surface area (Å²) in [6, 6.07) is 5.43. The summed E-state index contributed by atoms with van der Waals surface area (Å²) in [6.07, 6.45) is 2.81. The van der Waals surface area contributed by atoms with Gasteiger partial charge in [0.05, 0.1) is 15.6 Å². The second kappa shape index (κ2) is 4.36. The maximum Gasteiger partial charge on any atom is 0.152 e. The van der Waals surface area contributed by atoms with Crippen LogP contribution in [0.15, 0.2) is 18.2 Å². The number of nitrogens with two attached hydrogens (primary N) is 1. The quantitative estimate of drug-likeness (QED) is 0.902. The molecule has 0 bridgehead atoms. The molecular weight excluding hydrogens is 245 g/mol. The average Bonchev–Trinajstić information content (AvgIpc) is 2.99. The summed E-state index contributed by atoms with van der Waals surface area (Å²) in [5.41, 5.74) is 6.31. The number of carbonyl (C=O) groups excluding carboxylic acids is 1. The molecule has 1 aliphatic rings. The Morgan fingerprint density at radius 3 is 2.56 bits per heavy atom. The van der Waals surface area contributed by atoms with E-state index in [1.165, 1.54) is 0 Å². The first-order valence-corrected chi connectivity index (χ1v) is 6.03. The van der Waals surface area contributed by atoms with Crippen molar-refractivity contribution in [2.45, 2.75) is 31.2 Å². The summed E-state index contributed by atoms with van der Waals surface area (Å²) in [7, 11) is 0. The second-order valence-electron chi connectivity index (χ2n) is 4.33. The van der Waals surface area contributed by atoms with Crippen molar-refractivity contribution in [2.75, 3.05) is 0 Å². The van der Waals surface area contributed by atoms with E-state index in [-0.39, 0.29) is 5.78 Å². The van der Waals surface area contributed by atoms with Crippen molar-refractivity contribution in [1.82, 2.24) is 0 Å². The Morgan fingerprint density at radius 1 is 1.31 bits per heavy atom. The van der Waals surface area contributed by atoms with Crippen LogP contribution in [0.2, 0.25) is 10.0 Å². The van der Waals surface area contributed by atoms with Gasteiger partial charge in [-0.25, -0.2) is 0 Å². The molecule has 0 amide bonds. The summed E-state index contributed by atoms with van der Waals surface area (Å²) in [4.78, 5) is 11.7. The van der Waals surface area contributed by atoms with Crippen LogP contribution in [0.1, 0.15) is 24.8 Å². The topological polar surface area (TPSA) is 43.1 Å². The van der Waals surface area contributed by atoms with Gasteiger partial charge in [-0.15, -0.1) is 0 Å². The summed E-state index contributed by atoms with van der Waals surface area (Å²) < 4.78 is 0. The van der Waals surface area contributed by atoms with E-state index in [4.69, 9.17) is 28.9 Å². The molecule has 86 valence electrons. The Kier molecular flexibility index (Phi) is 3.24. The van der Waals surface area contributed by atoms with E-state index >= 15 is 0 Å². The highest BCUT2D eigenvalue weighted by Gasteiger charge is 2.44. The molecule has 1 aromatic carbocycles. The lowest BCUT2D eigenvalue weighted by Crippen LogP contribution is -2.32. The first kappa shape index (κ1) is 11.9. The van der Waals surface area contributed by atoms with Crippen LogP contribution in [0, 0.1) is 0 Å². The lowest BCUT2D eigenvalue weighted by Gasteiger charge is -2.07. The van der Waals surface area contributed by atoms with E-state index in [1.807, 2.05) is 6.07 Å². The van der Waals surface area contributed by atoms with Gasteiger partial charge in [0.1, 0.15) is 0 Å². The van der Waals surface area contributed by atoms with Gasteiger partial charge in [-0.3, -0.25) is 4.79 Å². The van der Waals surface area contributed by atoms with Gasteiger partial charge in [0.15, 0.2) is 5.78 Å². The van der Waals surface area contributed by atoms with Crippen molar-refractivity contribution in [3.05, 3.63) is 33.8 Å². The van der Waals surface area contributed by atoms with Crippen LogP contribution in [0.25, 0.3) is 0 Å². The number of aryl methyl sites for hydroxylation is 1. The zero-order valence-corrected chi connectivity index (χ0v) is 10.3. The molecule has 0 atom stereocenters. The number of halogens is 2. The average molecular weight is 258 g/mol. The van der Waals surface area contributed by atoms with E-state index in [9.17, 15) is 4.79 Å². The molecule has 1 fully saturated rings. The summed E-state index contributed by atoms with van der Waals surface area (Å²) in [5, 5.41) is 1.06. The van der Waals surface area contributed by atoms with Crippen molar-refractivity contribution in [2.24, 2.45) is 5.73 Å². The molecule has 0 unspecified atom stereocenters. The summed E-state index contributed by atoms with van der Waals surface area (Å²) in [6.45, 7) is 0. The fourth-order valence-electron chi connectivity index (χ4n) is 1.62. The zero-order valence-electron chi connectivity index (χ0n) is 8.80. The molecule has 1 aliphatic carbocycles. The van der Waals surface area contributed by atoms with E-state index in [0.29, 0.717) is 22.9 Å². The van der Waals surface area contributed by atoms with E-state index in [0.717, 1.165) is 18.4 Å². The van der Waals surface area contributed by atoms with Crippen molar-refractivity contribution >= 4 is 29.0 Å². The lowest BCUT2D eigenvalue weighted by molar-refractivity contribution is -0.121. The molecule has 2 nitrogen and oxygen atoms in total. The third-order valence-electron chi connectivity index (χ3n) is 2.97. The first-order valence-electron chi connectivity index (χ1n) is 5.27. The number of Topliss-reactive ketones (excluding diaryl/α,β-unsaturated/α-hetero) is 1. The SMILES string of the molecule is NC1(C(=O)CCc2ccc(Cl)c(Cl)c2)CC1. The molecule has 2 N–H and O–H groups in total. The third kappa shape index (κ3) is 2.57. The fourth-order valence-corrected chi connectivity index (χ4v) is 1.94. The van der Waals surface area contributed by atoms with Crippen LogP contribution in [0.3, 0.4) is 0 Å². The minimum absolute atomic E-state index is 0.151. The van der Waals surface area contributed by atoms with Gasteiger partial charge < -0.3 is 5.73 Å². The lowest BCUT2D eigenvalue weighted by atomic mass is 10.0. The predicted octanol–water partition coefficient (Wildman–Crippen LogP) is 2.99. The fraction of sp³-hybridized carbons (Fsp3) is 0.417. The second-order valence-corrected chi connectivity index (χ2v) is 5.14. The molecule has 0 aliphatic heterocycles. The Labute approximate surface area is 105 Å². The highest BCUT2D eigenvalue weighted by atomic mass is 35.5. The largest absolute Gasteiger partial charge is 0.319 e. The molecule has 16 heavy (non-hydrogen) atoms.